The molecule has 2 rings (SSSR count). The minimum absolute atomic E-state index is 0.348. The predicted molar refractivity (Wildman–Crippen MR) is 45.9 cm³/mol. The fourth-order valence-corrected chi connectivity index (χ4v) is 2.38. The van der Waals surface area contributed by atoms with E-state index in [0.717, 1.165) is 38.9 Å². The van der Waals surface area contributed by atoms with Gasteiger partial charge in [-0.25, -0.2) is 0 Å². The summed E-state index contributed by atoms with van der Waals surface area (Å²) in [6, 6.07) is 0. The first-order chi connectivity index (χ1) is 5.88. The molecule has 0 aromatic carbocycles. The summed E-state index contributed by atoms with van der Waals surface area (Å²) in [5.41, 5.74) is 0. The van der Waals surface area contributed by atoms with Crippen LogP contribution in [0.4, 0.5) is 0 Å². The maximum absolute atomic E-state index is 11.5. The monoisotopic (exact) mass is 168 g/mol. The number of hydrogen-bond donors (Lipinski definition) is 0. The molecule has 1 saturated heterocycles. The van der Waals surface area contributed by atoms with E-state index in [0.29, 0.717) is 17.6 Å². The van der Waals surface area contributed by atoms with E-state index < -0.39 is 0 Å². The maximum Gasteiger partial charge on any atom is 0.136 e. The smallest absolute Gasteiger partial charge is 0.136 e. The lowest BCUT2D eigenvalue weighted by atomic mass is 9.79. The zero-order valence-electron chi connectivity index (χ0n) is 7.42. The van der Waals surface area contributed by atoms with Gasteiger partial charge in [-0.2, -0.15) is 0 Å². The van der Waals surface area contributed by atoms with Crippen molar-refractivity contribution in [3.63, 3.8) is 0 Å². The summed E-state index contributed by atoms with van der Waals surface area (Å²) < 4.78 is 5.31. The van der Waals surface area contributed by atoms with Gasteiger partial charge >= 0.3 is 0 Å². The van der Waals surface area contributed by atoms with Crippen molar-refractivity contribution in [2.75, 3.05) is 13.2 Å². The lowest BCUT2D eigenvalue weighted by Crippen LogP contribution is -2.27. The molecule has 0 amide bonds. The first kappa shape index (κ1) is 8.24. The molecule has 2 aliphatic rings. The van der Waals surface area contributed by atoms with Crippen molar-refractivity contribution in [1.29, 1.82) is 0 Å². The van der Waals surface area contributed by atoms with E-state index in [1.807, 2.05) is 0 Å². The Balaban J connectivity index is 1.95. The molecule has 12 heavy (non-hydrogen) atoms. The molecule has 0 aromatic rings. The quantitative estimate of drug-likeness (QED) is 0.596. The van der Waals surface area contributed by atoms with Gasteiger partial charge in [-0.15, -0.1) is 0 Å². The SMILES string of the molecule is O=C1CCCC[C@H]1[C@H]1CCOC1. The Morgan fingerprint density at radius 1 is 1.25 bits per heavy atom. The fourth-order valence-electron chi connectivity index (χ4n) is 2.38. The first-order valence-electron chi connectivity index (χ1n) is 4.98. The molecule has 2 atom stereocenters. The van der Waals surface area contributed by atoms with E-state index in [1.165, 1.54) is 6.42 Å². The van der Waals surface area contributed by atoms with Gasteiger partial charge in [0.25, 0.3) is 0 Å². The Morgan fingerprint density at radius 2 is 2.17 bits per heavy atom. The molecule has 0 N–H and O–H groups in total. The van der Waals surface area contributed by atoms with Gasteiger partial charge < -0.3 is 4.74 Å². The molecule has 1 heterocycles. The summed E-state index contributed by atoms with van der Waals surface area (Å²) >= 11 is 0. The van der Waals surface area contributed by atoms with Crippen molar-refractivity contribution in [1.82, 2.24) is 0 Å². The van der Waals surface area contributed by atoms with Gasteiger partial charge in [0, 0.05) is 18.9 Å². The second-order valence-corrected chi connectivity index (χ2v) is 3.94. The lowest BCUT2D eigenvalue weighted by Gasteiger charge is -2.24. The van der Waals surface area contributed by atoms with Crippen LogP contribution in [0.1, 0.15) is 32.1 Å². The summed E-state index contributed by atoms with van der Waals surface area (Å²) in [5.74, 6) is 1.40. The van der Waals surface area contributed by atoms with E-state index in [4.69, 9.17) is 4.74 Å². The van der Waals surface area contributed by atoms with Crippen LogP contribution in [0.5, 0.6) is 0 Å². The van der Waals surface area contributed by atoms with Crippen LogP contribution in [0.2, 0.25) is 0 Å². The fraction of sp³-hybridized carbons (Fsp3) is 0.900. The molecule has 2 nitrogen and oxygen atoms in total. The minimum Gasteiger partial charge on any atom is -0.381 e. The summed E-state index contributed by atoms with van der Waals surface area (Å²) in [6.07, 6.45) is 5.40. The second-order valence-electron chi connectivity index (χ2n) is 3.94. The number of carbonyl (C=O) groups excluding carboxylic acids is 1. The van der Waals surface area contributed by atoms with Gasteiger partial charge in [0.2, 0.25) is 0 Å². The summed E-state index contributed by atoms with van der Waals surface area (Å²) in [5, 5.41) is 0. The third-order valence-corrected chi connectivity index (χ3v) is 3.14. The normalized spacial score (nSPS) is 37.2. The minimum atomic E-state index is 0.348. The Hall–Kier alpha value is -0.370. The molecule has 1 aliphatic heterocycles. The molecule has 1 aliphatic carbocycles. The zero-order valence-corrected chi connectivity index (χ0v) is 7.42. The van der Waals surface area contributed by atoms with Crippen LogP contribution in [0, 0.1) is 11.8 Å². The van der Waals surface area contributed by atoms with Crippen LogP contribution in [0.3, 0.4) is 0 Å². The summed E-state index contributed by atoms with van der Waals surface area (Å²) in [6.45, 7) is 1.70. The molecule has 0 bridgehead atoms. The van der Waals surface area contributed by atoms with Crippen molar-refractivity contribution in [2.45, 2.75) is 32.1 Å². The topological polar surface area (TPSA) is 26.3 Å². The van der Waals surface area contributed by atoms with Crippen LogP contribution in [0.25, 0.3) is 0 Å². The third kappa shape index (κ3) is 1.53. The number of rotatable bonds is 1. The van der Waals surface area contributed by atoms with Crippen molar-refractivity contribution < 1.29 is 9.53 Å². The Kier molecular flexibility index (Phi) is 2.45. The van der Waals surface area contributed by atoms with Crippen LogP contribution in [-0.4, -0.2) is 19.0 Å². The summed E-state index contributed by atoms with van der Waals surface area (Å²) in [7, 11) is 0. The van der Waals surface area contributed by atoms with Crippen LogP contribution >= 0.6 is 0 Å². The van der Waals surface area contributed by atoms with Gasteiger partial charge in [-0.05, 0) is 25.2 Å². The van der Waals surface area contributed by atoms with E-state index >= 15 is 0 Å². The average molecular weight is 168 g/mol. The Bertz CT molecular complexity index is 171. The molecule has 0 radical (unpaired) electrons. The highest BCUT2D eigenvalue weighted by Gasteiger charge is 2.32. The van der Waals surface area contributed by atoms with Gasteiger partial charge in [0.05, 0.1) is 6.61 Å². The molecule has 2 heteroatoms. The molecular formula is C10H16O2. The van der Waals surface area contributed by atoms with E-state index in [2.05, 4.69) is 0 Å². The maximum atomic E-state index is 11.5. The molecule has 2 fully saturated rings. The average Bonchev–Trinajstić information content (AvgIpc) is 2.57. The number of ether oxygens (including phenoxy) is 1. The highest BCUT2D eigenvalue weighted by molar-refractivity contribution is 5.81. The number of ketones is 1. The van der Waals surface area contributed by atoms with Crippen LogP contribution < -0.4 is 0 Å². The van der Waals surface area contributed by atoms with Gasteiger partial charge in [-0.3, -0.25) is 4.79 Å². The number of carbonyl (C=O) groups is 1. The zero-order chi connectivity index (χ0) is 8.39. The van der Waals surface area contributed by atoms with E-state index in [1.54, 1.807) is 0 Å². The summed E-state index contributed by atoms with van der Waals surface area (Å²) in [4.78, 5) is 11.5. The first-order valence-corrected chi connectivity index (χ1v) is 4.98. The van der Waals surface area contributed by atoms with Gasteiger partial charge in [0.1, 0.15) is 5.78 Å². The van der Waals surface area contributed by atoms with Crippen molar-refractivity contribution in [2.24, 2.45) is 11.8 Å². The van der Waals surface area contributed by atoms with Crippen molar-refractivity contribution >= 4 is 5.78 Å². The van der Waals surface area contributed by atoms with E-state index in [-0.39, 0.29) is 0 Å². The standard InChI is InChI=1S/C10H16O2/c11-10-4-2-1-3-9(10)8-5-6-12-7-8/h8-9H,1-7H2/t8-,9-/m0/s1. The van der Waals surface area contributed by atoms with Crippen LogP contribution in [0.15, 0.2) is 0 Å². The Morgan fingerprint density at radius 3 is 2.83 bits per heavy atom. The number of Topliss-reactive ketones (excluding diaryl/α,β-unsaturated/α-hetero) is 1. The Labute approximate surface area is 73.3 Å². The molecule has 0 spiro atoms. The van der Waals surface area contributed by atoms with Crippen molar-refractivity contribution in [3.8, 4) is 0 Å². The molecular weight excluding hydrogens is 152 g/mol. The molecule has 1 saturated carbocycles. The third-order valence-electron chi connectivity index (χ3n) is 3.14. The predicted octanol–water partition coefficient (Wildman–Crippen LogP) is 1.78. The largest absolute Gasteiger partial charge is 0.381 e. The molecule has 68 valence electrons. The molecule has 0 unspecified atom stereocenters. The van der Waals surface area contributed by atoms with Gasteiger partial charge in [0.15, 0.2) is 0 Å². The lowest BCUT2D eigenvalue weighted by molar-refractivity contribution is -0.126. The highest BCUT2D eigenvalue weighted by Crippen LogP contribution is 2.31. The van der Waals surface area contributed by atoms with Gasteiger partial charge in [-0.1, -0.05) is 6.42 Å². The highest BCUT2D eigenvalue weighted by atomic mass is 16.5. The second kappa shape index (κ2) is 3.56. The van der Waals surface area contributed by atoms with Crippen molar-refractivity contribution in [3.05, 3.63) is 0 Å². The molecule has 0 aromatic heterocycles. The van der Waals surface area contributed by atoms with Crippen LogP contribution in [-0.2, 0) is 9.53 Å². The number of hydrogen-bond acceptors (Lipinski definition) is 2. The van der Waals surface area contributed by atoms with E-state index in [9.17, 15) is 4.79 Å².